The van der Waals surface area contributed by atoms with E-state index < -0.39 is 0 Å². The lowest BCUT2D eigenvalue weighted by molar-refractivity contribution is 0.305. The molecule has 0 bridgehead atoms. The second-order valence-corrected chi connectivity index (χ2v) is 6.47. The minimum Gasteiger partial charge on any atom is -0.361 e. The average molecular weight is 436 g/mol. The highest BCUT2D eigenvalue weighted by atomic mass is 79.9. The molecule has 0 fully saturated rings. The van der Waals surface area contributed by atoms with E-state index in [-0.39, 0.29) is 17.0 Å². The molecular weight excluding hydrogens is 406 g/mol. The molecule has 0 heterocycles. The van der Waals surface area contributed by atoms with E-state index in [4.69, 9.17) is 12.2 Å². The summed E-state index contributed by atoms with van der Waals surface area (Å²) in [6.45, 7) is 10.0. The van der Waals surface area contributed by atoms with E-state index in [2.05, 4.69) is 77.5 Å². The van der Waals surface area contributed by atoms with Gasteiger partial charge in [-0.2, -0.15) is 0 Å². The largest absolute Gasteiger partial charge is 0.361 e. The Hall–Kier alpha value is -1.43. The summed E-state index contributed by atoms with van der Waals surface area (Å²) in [5, 5.41) is 4.26. The Morgan fingerprint density at radius 3 is 1.73 bits per heavy atom. The summed E-state index contributed by atoms with van der Waals surface area (Å²) in [6.07, 6.45) is 0. The van der Waals surface area contributed by atoms with Gasteiger partial charge >= 0.3 is 0 Å². The Kier molecular flexibility index (Phi) is 11.2. The van der Waals surface area contributed by atoms with Crippen molar-refractivity contribution in [2.24, 2.45) is 0 Å². The summed E-state index contributed by atoms with van der Waals surface area (Å²) in [5.74, 6) is 0. The molecule has 0 aliphatic heterocycles. The molecule has 0 saturated heterocycles. The third-order valence-corrected chi connectivity index (χ3v) is 4.72. The fraction of sp³-hybridized carbons (Fsp3) is 0.381. The molecule has 0 aliphatic carbocycles. The molecule has 1 N–H and O–H groups in total. The lowest BCUT2D eigenvalue weighted by Gasteiger charge is -2.27. The lowest BCUT2D eigenvalue weighted by Crippen LogP contribution is -2.42. The predicted molar refractivity (Wildman–Crippen MR) is 121 cm³/mol. The van der Waals surface area contributed by atoms with Crippen molar-refractivity contribution in [1.29, 1.82) is 0 Å². The molecule has 5 heteroatoms. The van der Waals surface area contributed by atoms with Gasteiger partial charge in [0, 0.05) is 26.2 Å². The van der Waals surface area contributed by atoms with Crippen LogP contribution in [0.3, 0.4) is 0 Å². The molecule has 2 aromatic carbocycles. The lowest BCUT2D eigenvalue weighted by atomic mass is 10.2. The number of hydrogen-bond acceptors (Lipinski definition) is 2. The number of nitrogens with one attached hydrogen (secondary N) is 1. The molecule has 142 valence electrons. The summed E-state index contributed by atoms with van der Waals surface area (Å²) in [6, 6.07) is 21.0. The van der Waals surface area contributed by atoms with Gasteiger partial charge in [-0.25, -0.2) is 0 Å². The number of thiocarbonyl (C=S) groups is 1. The van der Waals surface area contributed by atoms with Crippen LogP contribution in [-0.4, -0.2) is 41.1 Å². The number of rotatable bonds is 9. The molecule has 0 saturated carbocycles. The Balaban J connectivity index is 0.00000338. The van der Waals surface area contributed by atoms with E-state index >= 15 is 0 Å². The smallest absolute Gasteiger partial charge is 0.169 e. The maximum absolute atomic E-state index is 5.69. The Labute approximate surface area is 174 Å². The third kappa shape index (κ3) is 7.85. The molecule has 0 unspecified atom stereocenters. The predicted octanol–water partition coefficient (Wildman–Crippen LogP) is 4.48. The van der Waals surface area contributed by atoms with Crippen LogP contribution in [0.1, 0.15) is 25.0 Å². The fourth-order valence-corrected chi connectivity index (χ4v) is 3.01. The van der Waals surface area contributed by atoms with Crippen LogP contribution < -0.4 is 5.32 Å². The monoisotopic (exact) mass is 435 g/mol. The second-order valence-electron chi connectivity index (χ2n) is 6.09. The van der Waals surface area contributed by atoms with Crippen LogP contribution in [0.5, 0.6) is 0 Å². The molecular formula is C21H30BrN3S. The Morgan fingerprint density at radius 1 is 0.846 bits per heavy atom. The van der Waals surface area contributed by atoms with Crippen LogP contribution in [0, 0.1) is 0 Å². The number of nitrogens with zero attached hydrogens (tertiary/aromatic N) is 2. The number of likely N-dealkylation sites (N-methyl/N-ethyl adjacent to an activating group) is 1. The molecule has 0 amide bonds. The van der Waals surface area contributed by atoms with Crippen molar-refractivity contribution >= 4 is 34.3 Å². The van der Waals surface area contributed by atoms with Crippen LogP contribution in [0.4, 0.5) is 0 Å². The van der Waals surface area contributed by atoms with Crippen molar-refractivity contribution in [3.05, 3.63) is 71.8 Å². The van der Waals surface area contributed by atoms with Gasteiger partial charge < -0.3 is 15.1 Å². The average Bonchev–Trinajstić information content (AvgIpc) is 2.66. The maximum atomic E-state index is 5.69. The minimum absolute atomic E-state index is 0. The molecule has 3 nitrogen and oxygen atoms in total. The Morgan fingerprint density at radius 2 is 1.31 bits per heavy atom. The van der Waals surface area contributed by atoms with E-state index in [1.165, 1.54) is 11.1 Å². The van der Waals surface area contributed by atoms with Crippen molar-refractivity contribution in [3.8, 4) is 0 Å². The van der Waals surface area contributed by atoms with Gasteiger partial charge in [0.15, 0.2) is 5.11 Å². The number of benzene rings is 2. The van der Waals surface area contributed by atoms with E-state index in [1.807, 2.05) is 12.1 Å². The first-order valence-electron chi connectivity index (χ1n) is 9.06. The van der Waals surface area contributed by atoms with Gasteiger partial charge in [0.25, 0.3) is 0 Å². The summed E-state index contributed by atoms with van der Waals surface area (Å²) in [5.41, 5.74) is 2.54. The summed E-state index contributed by atoms with van der Waals surface area (Å²) >= 11 is 5.69. The van der Waals surface area contributed by atoms with Gasteiger partial charge in [0.05, 0.1) is 0 Å². The second kappa shape index (κ2) is 12.8. The molecule has 2 rings (SSSR count). The zero-order chi connectivity index (χ0) is 17.9. The van der Waals surface area contributed by atoms with Gasteiger partial charge in [0.1, 0.15) is 0 Å². The van der Waals surface area contributed by atoms with Crippen LogP contribution >= 0.6 is 29.2 Å². The maximum Gasteiger partial charge on any atom is 0.169 e. The highest BCUT2D eigenvalue weighted by Crippen LogP contribution is 2.10. The highest BCUT2D eigenvalue weighted by Gasteiger charge is 2.11. The molecule has 0 spiro atoms. The molecule has 0 aromatic heterocycles. The summed E-state index contributed by atoms with van der Waals surface area (Å²) in [7, 11) is 0. The van der Waals surface area contributed by atoms with Crippen molar-refractivity contribution in [2.75, 3.05) is 26.2 Å². The first kappa shape index (κ1) is 22.6. The van der Waals surface area contributed by atoms with E-state index in [9.17, 15) is 0 Å². The third-order valence-electron chi connectivity index (χ3n) is 4.32. The van der Waals surface area contributed by atoms with Gasteiger partial charge in [-0.3, -0.25) is 0 Å². The van der Waals surface area contributed by atoms with Gasteiger partial charge in [-0.1, -0.05) is 74.5 Å². The van der Waals surface area contributed by atoms with E-state index in [1.54, 1.807) is 0 Å². The first-order chi connectivity index (χ1) is 12.2. The zero-order valence-corrected chi connectivity index (χ0v) is 18.3. The van der Waals surface area contributed by atoms with Gasteiger partial charge in [-0.15, -0.1) is 17.0 Å². The first-order valence-corrected chi connectivity index (χ1v) is 9.46. The van der Waals surface area contributed by atoms with Gasteiger partial charge in [-0.05, 0) is 36.4 Å². The van der Waals surface area contributed by atoms with Crippen molar-refractivity contribution in [1.82, 2.24) is 15.1 Å². The molecule has 0 atom stereocenters. The normalized spacial score (nSPS) is 10.3. The fourth-order valence-electron chi connectivity index (χ4n) is 2.78. The van der Waals surface area contributed by atoms with Crippen molar-refractivity contribution in [2.45, 2.75) is 26.9 Å². The van der Waals surface area contributed by atoms with Gasteiger partial charge in [0.2, 0.25) is 0 Å². The van der Waals surface area contributed by atoms with Crippen LogP contribution in [0.15, 0.2) is 60.7 Å². The van der Waals surface area contributed by atoms with Crippen molar-refractivity contribution < 1.29 is 0 Å². The summed E-state index contributed by atoms with van der Waals surface area (Å²) in [4.78, 5) is 4.64. The highest BCUT2D eigenvalue weighted by molar-refractivity contribution is 8.93. The van der Waals surface area contributed by atoms with Crippen molar-refractivity contribution in [3.63, 3.8) is 0 Å². The number of hydrogen-bond donors (Lipinski definition) is 1. The number of halogens is 1. The molecule has 0 aliphatic rings. The topological polar surface area (TPSA) is 18.5 Å². The van der Waals surface area contributed by atoms with Crippen LogP contribution in [-0.2, 0) is 13.1 Å². The van der Waals surface area contributed by atoms with E-state index in [0.29, 0.717) is 0 Å². The van der Waals surface area contributed by atoms with Crippen LogP contribution in [0.25, 0.3) is 0 Å². The van der Waals surface area contributed by atoms with Crippen LogP contribution in [0.2, 0.25) is 0 Å². The standard InChI is InChI=1S/C21H29N3S.BrH/c1-3-23(4-2)16-15-22-21(25)24(17-19-11-7-5-8-12-19)18-20-13-9-6-10-14-20;/h5-14H,3-4,15-18H2,1-2H3,(H,22,25);1H. The minimum atomic E-state index is 0. The zero-order valence-electron chi connectivity index (χ0n) is 15.7. The molecule has 2 aromatic rings. The summed E-state index contributed by atoms with van der Waals surface area (Å²) < 4.78 is 0. The molecule has 0 radical (unpaired) electrons. The molecule has 26 heavy (non-hydrogen) atoms. The SMILES string of the molecule is Br.CCN(CC)CCNC(=S)N(Cc1ccccc1)Cc1ccccc1. The van der Waals surface area contributed by atoms with E-state index in [0.717, 1.165) is 44.4 Å². The Bertz CT molecular complexity index is 576. The quantitative estimate of drug-likeness (QED) is 0.584.